The summed E-state index contributed by atoms with van der Waals surface area (Å²) >= 11 is 0. The van der Waals surface area contributed by atoms with Crippen molar-refractivity contribution < 1.29 is 36.1 Å². The lowest BCUT2D eigenvalue weighted by atomic mass is 9.82. The van der Waals surface area contributed by atoms with Crippen LogP contribution in [0.2, 0.25) is 0 Å². The molecule has 0 radical (unpaired) electrons. The summed E-state index contributed by atoms with van der Waals surface area (Å²) in [4.78, 5) is 22.7. The molecule has 0 heterocycles. The van der Waals surface area contributed by atoms with Crippen LogP contribution in [0.4, 0.5) is 8.78 Å². The number of ketones is 1. The summed E-state index contributed by atoms with van der Waals surface area (Å²) in [6.45, 7) is 2.98. The van der Waals surface area contributed by atoms with Crippen LogP contribution in [-0.2, 0) is 24.4 Å². The number of carbonyl (C=O) groups excluding carboxylic acids is 2. The summed E-state index contributed by atoms with van der Waals surface area (Å²) in [7, 11) is -5.91. The number of alkyl halides is 2. The maximum atomic E-state index is 13.1. The smallest absolute Gasteiger partial charge is 0.450 e. The van der Waals surface area contributed by atoms with Gasteiger partial charge in [0.05, 0.1) is 0 Å². The zero-order valence-corrected chi connectivity index (χ0v) is 11.6. The molecular weight excluding hydrogens is 298 g/mol. The maximum absolute atomic E-state index is 13.1. The first-order chi connectivity index (χ1) is 8.93. The molecule has 0 bridgehead atoms. The highest BCUT2D eigenvalue weighted by Crippen LogP contribution is 2.33. The Morgan fingerprint density at radius 2 is 2.15 bits per heavy atom. The molecule has 0 aromatic carbocycles. The fraction of sp³-hybridized carbons (Fsp3) is 0.636. The Morgan fingerprint density at radius 3 is 2.60 bits per heavy atom. The Morgan fingerprint density at radius 1 is 1.60 bits per heavy atom. The summed E-state index contributed by atoms with van der Waals surface area (Å²) in [6, 6.07) is 0. The molecule has 1 aliphatic rings. The molecule has 0 amide bonds. The van der Waals surface area contributed by atoms with Gasteiger partial charge < -0.3 is 4.74 Å². The Bertz CT molecular complexity index is 553. The van der Waals surface area contributed by atoms with E-state index in [1.807, 2.05) is 0 Å². The van der Waals surface area contributed by atoms with E-state index in [1.54, 1.807) is 6.92 Å². The van der Waals surface area contributed by atoms with Gasteiger partial charge in [-0.2, -0.15) is 17.2 Å². The number of halogens is 2. The monoisotopic (exact) mass is 312 g/mol. The Labute approximate surface area is 114 Å². The average Bonchev–Trinajstić information content (AvgIpc) is 2.31. The zero-order valence-electron chi connectivity index (χ0n) is 10.8. The van der Waals surface area contributed by atoms with Crippen molar-refractivity contribution in [3.05, 3.63) is 12.2 Å². The topological polar surface area (TPSA) is 97.7 Å². The van der Waals surface area contributed by atoms with Crippen LogP contribution in [0.1, 0.15) is 26.7 Å². The van der Waals surface area contributed by atoms with Crippen molar-refractivity contribution in [2.75, 3.05) is 0 Å². The highest BCUT2D eigenvalue weighted by molar-refractivity contribution is 7.87. The predicted octanol–water partition coefficient (Wildman–Crippen LogP) is 1.32. The maximum Gasteiger partial charge on any atom is 0.465 e. The fourth-order valence-corrected chi connectivity index (χ4v) is 2.10. The molecule has 2 unspecified atom stereocenters. The van der Waals surface area contributed by atoms with Gasteiger partial charge in [-0.25, -0.2) is 4.79 Å². The second-order valence-corrected chi connectivity index (χ2v) is 6.20. The fourth-order valence-electron chi connectivity index (χ4n) is 1.85. The number of hydrogen-bond donors (Lipinski definition) is 1. The van der Waals surface area contributed by atoms with E-state index in [-0.39, 0.29) is 12.2 Å². The molecule has 0 aliphatic heterocycles. The summed E-state index contributed by atoms with van der Waals surface area (Å²) in [5, 5.41) is -5.05. The van der Waals surface area contributed by atoms with E-state index < -0.39 is 32.9 Å². The third-order valence-corrected chi connectivity index (χ3v) is 3.85. The molecule has 2 atom stereocenters. The molecular formula is C11H14F2O6S. The molecule has 0 aromatic rings. The molecule has 114 valence electrons. The minimum absolute atomic E-state index is 0.0356. The van der Waals surface area contributed by atoms with E-state index >= 15 is 0 Å². The Balaban J connectivity index is 2.96. The number of carbonyl (C=O) groups is 2. The number of esters is 1. The molecule has 0 saturated carbocycles. The van der Waals surface area contributed by atoms with Crippen LogP contribution in [0.25, 0.3) is 0 Å². The van der Waals surface area contributed by atoms with Crippen LogP contribution in [0, 0.1) is 5.92 Å². The summed E-state index contributed by atoms with van der Waals surface area (Å²) in [5.74, 6) is -3.10. The SMILES string of the molecule is CCC1CC(C)(OC(=O)C(F)(F)S(=O)(=O)O)C=CC1=O. The van der Waals surface area contributed by atoms with Crippen LogP contribution in [0.5, 0.6) is 0 Å². The van der Waals surface area contributed by atoms with Crippen molar-refractivity contribution in [3.8, 4) is 0 Å². The molecule has 20 heavy (non-hydrogen) atoms. The van der Waals surface area contributed by atoms with E-state index in [0.717, 1.165) is 12.2 Å². The Hall–Kier alpha value is -1.35. The molecule has 0 fully saturated rings. The summed E-state index contributed by atoms with van der Waals surface area (Å²) in [6.07, 6.45) is 2.62. The highest BCUT2D eigenvalue weighted by Gasteiger charge is 2.56. The first-order valence-corrected chi connectivity index (χ1v) is 7.18. The van der Waals surface area contributed by atoms with E-state index in [9.17, 15) is 26.8 Å². The molecule has 0 saturated heterocycles. The van der Waals surface area contributed by atoms with Crippen molar-refractivity contribution in [2.24, 2.45) is 5.92 Å². The van der Waals surface area contributed by atoms with E-state index in [1.165, 1.54) is 6.92 Å². The van der Waals surface area contributed by atoms with Crippen molar-refractivity contribution in [1.29, 1.82) is 0 Å². The minimum Gasteiger partial charge on any atom is -0.450 e. The van der Waals surface area contributed by atoms with Gasteiger partial charge in [0.25, 0.3) is 0 Å². The van der Waals surface area contributed by atoms with Gasteiger partial charge in [0.2, 0.25) is 0 Å². The van der Waals surface area contributed by atoms with E-state index in [0.29, 0.717) is 6.42 Å². The summed E-state index contributed by atoms with van der Waals surface area (Å²) < 4.78 is 59.9. The standard InChI is InChI=1S/C11H14F2O6S/c1-3-7-6-10(2,5-4-8(7)14)19-9(15)11(12,13)20(16,17)18/h4-5,7H,3,6H2,1-2H3,(H,16,17,18). The van der Waals surface area contributed by atoms with E-state index in [4.69, 9.17) is 4.55 Å². The van der Waals surface area contributed by atoms with Crippen LogP contribution < -0.4 is 0 Å². The van der Waals surface area contributed by atoms with Crippen molar-refractivity contribution in [2.45, 2.75) is 37.5 Å². The quantitative estimate of drug-likeness (QED) is 0.621. The normalized spacial score (nSPS) is 27.4. The third kappa shape index (κ3) is 3.21. The first kappa shape index (κ1) is 16.7. The summed E-state index contributed by atoms with van der Waals surface area (Å²) in [5.41, 5.74) is -1.53. The van der Waals surface area contributed by atoms with Crippen LogP contribution in [0.3, 0.4) is 0 Å². The lowest BCUT2D eigenvalue weighted by Crippen LogP contribution is -2.45. The van der Waals surface area contributed by atoms with Gasteiger partial charge in [-0.05, 0) is 25.5 Å². The average molecular weight is 312 g/mol. The van der Waals surface area contributed by atoms with Crippen molar-refractivity contribution in [1.82, 2.24) is 0 Å². The molecule has 1 aliphatic carbocycles. The van der Waals surface area contributed by atoms with E-state index in [2.05, 4.69) is 4.74 Å². The van der Waals surface area contributed by atoms with Gasteiger partial charge in [0.15, 0.2) is 5.78 Å². The van der Waals surface area contributed by atoms with Crippen LogP contribution >= 0.6 is 0 Å². The van der Waals surface area contributed by atoms with Gasteiger partial charge in [-0.15, -0.1) is 0 Å². The Kier molecular flexibility index (Phi) is 4.35. The van der Waals surface area contributed by atoms with Gasteiger partial charge in [0.1, 0.15) is 5.60 Å². The number of rotatable bonds is 4. The predicted molar refractivity (Wildman–Crippen MR) is 63.5 cm³/mol. The molecule has 0 aromatic heterocycles. The molecule has 9 heteroatoms. The van der Waals surface area contributed by atoms with Crippen molar-refractivity contribution >= 4 is 21.9 Å². The number of hydrogen-bond acceptors (Lipinski definition) is 5. The van der Waals surface area contributed by atoms with Crippen LogP contribution in [-0.4, -0.2) is 35.6 Å². The first-order valence-electron chi connectivity index (χ1n) is 5.74. The zero-order chi connectivity index (χ0) is 15.8. The second kappa shape index (κ2) is 5.21. The lowest BCUT2D eigenvalue weighted by Gasteiger charge is -2.33. The highest BCUT2D eigenvalue weighted by atomic mass is 32.2. The van der Waals surface area contributed by atoms with Gasteiger partial charge >= 0.3 is 21.3 Å². The molecule has 1 rings (SSSR count). The van der Waals surface area contributed by atoms with Crippen molar-refractivity contribution in [3.63, 3.8) is 0 Å². The molecule has 0 spiro atoms. The number of ether oxygens (including phenoxy) is 1. The lowest BCUT2D eigenvalue weighted by molar-refractivity contribution is -0.174. The van der Waals surface area contributed by atoms with Gasteiger partial charge in [-0.1, -0.05) is 6.92 Å². The minimum atomic E-state index is -5.91. The third-order valence-electron chi connectivity index (χ3n) is 3.03. The largest absolute Gasteiger partial charge is 0.465 e. The number of allylic oxidation sites excluding steroid dienone is 1. The molecule has 1 N–H and O–H groups in total. The van der Waals surface area contributed by atoms with Crippen LogP contribution in [0.15, 0.2) is 12.2 Å². The molecule has 6 nitrogen and oxygen atoms in total. The van der Waals surface area contributed by atoms with Gasteiger partial charge in [0, 0.05) is 12.3 Å². The van der Waals surface area contributed by atoms with Gasteiger partial charge in [-0.3, -0.25) is 9.35 Å². The second-order valence-electron chi connectivity index (χ2n) is 4.74.